The van der Waals surface area contributed by atoms with E-state index in [1.54, 1.807) is 0 Å². The van der Waals surface area contributed by atoms with Gasteiger partial charge in [-0.2, -0.15) is 0 Å². The van der Waals surface area contributed by atoms with Gasteiger partial charge in [-0.25, -0.2) is 0 Å². The molecule has 0 rings (SSSR count). The Balaban J connectivity index is 3.98. The molecule has 92 heavy (non-hydrogen) atoms. The Labute approximate surface area is 568 Å². The molecule has 2 unspecified atom stereocenters. The number of nitrogens with zero attached hydrogens (tertiary/aromatic N) is 1. The summed E-state index contributed by atoms with van der Waals surface area (Å²) in [7, 11) is 1.17. The average Bonchev–Trinajstić information content (AvgIpc) is 2.34. The third kappa shape index (κ3) is 75.4. The number of unbranched alkanes of at least 4 members (excludes halogenated alkanes) is 36. The zero-order valence-electron chi connectivity index (χ0n) is 60.5. The van der Waals surface area contributed by atoms with E-state index in [1.807, 2.05) is 21.1 Å². The van der Waals surface area contributed by atoms with E-state index in [1.165, 1.54) is 199 Å². The number of rotatable bonds is 70. The summed E-state index contributed by atoms with van der Waals surface area (Å²) < 4.78 is 34.4. The molecule has 0 N–H and O–H groups in total. The third-order valence-corrected chi connectivity index (χ3v) is 17.4. The highest BCUT2D eigenvalue weighted by molar-refractivity contribution is 7.45. The van der Waals surface area contributed by atoms with Crippen molar-refractivity contribution in [3.63, 3.8) is 0 Å². The first-order valence-corrected chi connectivity index (χ1v) is 39.7. The van der Waals surface area contributed by atoms with Gasteiger partial charge in [0.05, 0.1) is 27.7 Å². The zero-order valence-corrected chi connectivity index (χ0v) is 61.4. The highest BCUT2D eigenvalue weighted by atomic mass is 31.2. The van der Waals surface area contributed by atoms with Crippen molar-refractivity contribution < 1.29 is 42.1 Å². The van der Waals surface area contributed by atoms with E-state index in [2.05, 4.69) is 135 Å². The van der Waals surface area contributed by atoms with Crippen molar-refractivity contribution in [3.8, 4) is 0 Å². The van der Waals surface area contributed by atoms with Crippen LogP contribution in [0.15, 0.2) is 122 Å². The standard InChI is InChI=1S/C82H144NO8P/c1-6-8-10-12-14-16-18-20-22-24-26-28-30-32-34-36-38-39-40-41-42-43-45-47-49-51-53-55-57-59-61-63-65-67-69-71-73-75-82(85)91-80(79-90-92(86,87)89-77-76-83(3,4)5)78-88-81(84)74-72-70-68-66-64-62-60-58-56-54-52-50-48-46-44-37-35-33-31-29-27-25-23-21-19-17-15-13-11-9-7-2/h8-11,14-17,20-23,26-29,32,34,38-39,80H,6-7,12-13,18-19,24-25,30-31,33,35-37,40-79H2,1-5H3/b10-8-,11-9-,16-14-,17-15-,22-20-,23-21-,28-26-,29-27-,34-32-,39-38-. The van der Waals surface area contributed by atoms with Crippen molar-refractivity contribution in [1.82, 2.24) is 0 Å². The molecule has 9 nitrogen and oxygen atoms in total. The van der Waals surface area contributed by atoms with Crippen LogP contribution in [0.3, 0.4) is 0 Å². The number of esters is 2. The van der Waals surface area contributed by atoms with Crippen LogP contribution in [0.5, 0.6) is 0 Å². The van der Waals surface area contributed by atoms with Crippen molar-refractivity contribution in [2.24, 2.45) is 0 Å². The van der Waals surface area contributed by atoms with Gasteiger partial charge in [0.2, 0.25) is 0 Å². The van der Waals surface area contributed by atoms with Crippen molar-refractivity contribution in [2.75, 3.05) is 47.5 Å². The number of ether oxygens (including phenoxy) is 2. The van der Waals surface area contributed by atoms with Crippen LogP contribution in [0.2, 0.25) is 0 Å². The average molecular weight is 1300 g/mol. The van der Waals surface area contributed by atoms with E-state index in [4.69, 9.17) is 18.5 Å². The first kappa shape index (κ1) is 88.4. The Hall–Kier alpha value is -3.59. The lowest BCUT2D eigenvalue weighted by molar-refractivity contribution is -0.870. The Bertz CT molecular complexity index is 1970. The number of quaternary nitrogens is 1. The summed E-state index contributed by atoms with van der Waals surface area (Å²) in [5.74, 6) is -0.822. The lowest BCUT2D eigenvalue weighted by atomic mass is 10.0. The third-order valence-electron chi connectivity index (χ3n) is 16.5. The molecule has 2 atom stereocenters. The fraction of sp³-hybridized carbons (Fsp3) is 0.732. The summed E-state index contributed by atoms with van der Waals surface area (Å²) in [4.78, 5) is 38.2. The smallest absolute Gasteiger partial charge is 0.306 e. The van der Waals surface area contributed by atoms with Crippen molar-refractivity contribution in [3.05, 3.63) is 122 Å². The minimum atomic E-state index is -4.65. The molecule has 0 amide bonds. The van der Waals surface area contributed by atoms with Gasteiger partial charge in [0.15, 0.2) is 6.10 Å². The summed E-state index contributed by atoms with van der Waals surface area (Å²) in [6.07, 6.45) is 103. The van der Waals surface area contributed by atoms with Crippen LogP contribution < -0.4 is 4.89 Å². The number of hydrogen-bond donors (Lipinski definition) is 0. The van der Waals surface area contributed by atoms with Gasteiger partial charge >= 0.3 is 11.9 Å². The molecule has 0 radical (unpaired) electrons. The molecule has 0 saturated heterocycles. The lowest BCUT2D eigenvalue weighted by Crippen LogP contribution is -2.37. The molecule has 0 aliphatic rings. The van der Waals surface area contributed by atoms with Crippen LogP contribution in [-0.4, -0.2) is 70.0 Å². The quantitative estimate of drug-likeness (QED) is 0.0195. The highest BCUT2D eigenvalue weighted by Gasteiger charge is 2.22. The first-order chi connectivity index (χ1) is 45.0. The van der Waals surface area contributed by atoms with Crippen molar-refractivity contribution in [1.29, 1.82) is 0 Å². The van der Waals surface area contributed by atoms with Crippen LogP contribution in [0.25, 0.3) is 0 Å². The van der Waals surface area contributed by atoms with Crippen molar-refractivity contribution >= 4 is 19.8 Å². The predicted octanol–water partition coefficient (Wildman–Crippen LogP) is 24.8. The molecule has 10 heteroatoms. The van der Waals surface area contributed by atoms with Crippen LogP contribution in [0, 0.1) is 0 Å². The molecule has 0 saturated carbocycles. The van der Waals surface area contributed by atoms with Crippen LogP contribution in [0.4, 0.5) is 0 Å². The number of phosphoric acid groups is 1. The summed E-state index contributed by atoms with van der Waals surface area (Å²) >= 11 is 0. The molecule has 0 aromatic heterocycles. The van der Waals surface area contributed by atoms with Crippen LogP contribution >= 0.6 is 7.82 Å². The second-order valence-electron chi connectivity index (χ2n) is 26.6. The summed E-state index contributed by atoms with van der Waals surface area (Å²) in [6, 6.07) is 0. The fourth-order valence-electron chi connectivity index (χ4n) is 10.7. The normalized spacial score (nSPS) is 13.8. The molecule has 530 valence electrons. The SMILES string of the molecule is CC/C=C\C/C=C\C/C=C\C/C=C\C/C=C\C/C=C\CCCCCCCCCCCCCCCCCCCCC(=O)OC(COC(=O)CCCCCCCCCCCCCCCCCCCC/C=C\C/C=C\C/C=C\C/C=C\CC)COP(=O)([O-])OCC[N+](C)(C)C. The van der Waals surface area contributed by atoms with E-state index < -0.39 is 26.5 Å². The van der Waals surface area contributed by atoms with E-state index in [-0.39, 0.29) is 32.0 Å². The van der Waals surface area contributed by atoms with Gasteiger partial charge in [-0.15, -0.1) is 0 Å². The van der Waals surface area contributed by atoms with Gasteiger partial charge in [0.25, 0.3) is 7.82 Å². The molecule has 0 spiro atoms. The Kier molecular flexibility index (Phi) is 68.9. The molecule has 0 aliphatic carbocycles. The van der Waals surface area contributed by atoms with Gasteiger partial charge in [-0.05, 0) is 103 Å². The topological polar surface area (TPSA) is 111 Å². The molecule has 0 aliphatic heterocycles. The summed E-state index contributed by atoms with van der Waals surface area (Å²) in [6.45, 7) is 4.05. The Morgan fingerprint density at radius 2 is 0.587 bits per heavy atom. The van der Waals surface area contributed by atoms with E-state index >= 15 is 0 Å². The minimum absolute atomic E-state index is 0.0326. The fourth-order valence-corrected chi connectivity index (χ4v) is 11.4. The maximum absolute atomic E-state index is 12.9. The Morgan fingerprint density at radius 3 is 0.870 bits per heavy atom. The van der Waals surface area contributed by atoms with Crippen LogP contribution in [-0.2, 0) is 32.7 Å². The van der Waals surface area contributed by atoms with E-state index in [0.29, 0.717) is 17.4 Å². The monoisotopic (exact) mass is 1300 g/mol. The molecule has 0 aromatic carbocycles. The second-order valence-corrected chi connectivity index (χ2v) is 28.0. The first-order valence-electron chi connectivity index (χ1n) is 38.2. The Morgan fingerprint density at radius 1 is 0.337 bits per heavy atom. The zero-order chi connectivity index (χ0) is 66.9. The number of carbonyl (C=O) groups excluding carboxylic acids is 2. The predicted molar refractivity (Wildman–Crippen MR) is 397 cm³/mol. The van der Waals surface area contributed by atoms with Gasteiger partial charge in [0.1, 0.15) is 19.8 Å². The number of likely N-dealkylation sites (N-methyl/N-ethyl adjacent to an activating group) is 1. The molecule has 0 bridgehead atoms. The van der Waals surface area contributed by atoms with Gasteiger partial charge in [0, 0.05) is 12.8 Å². The van der Waals surface area contributed by atoms with E-state index in [0.717, 1.165) is 103 Å². The molecule has 0 heterocycles. The van der Waals surface area contributed by atoms with E-state index in [9.17, 15) is 19.0 Å². The number of phosphoric ester groups is 1. The molecule has 0 fully saturated rings. The summed E-state index contributed by atoms with van der Waals surface area (Å²) in [5, 5.41) is 0. The number of allylic oxidation sites excluding steroid dienone is 20. The maximum atomic E-state index is 12.9. The number of carbonyl (C=O) groups is 2. The summed E-state index contributed by atoms with van der Waals surface area (Å²) in [5.41, 5.74) is 0. The lowest BCUT2D eigenvalue weighted by Gasteiger charge is -2.28. The minimum Gasteiger partial charge on any atom is -0.756 e. The molecular weight excluding hydrogens is 1160 g/mol. The largest absolute Gasteiger partial charge is 0.756 e. The maximum Gasteiger partial charge on any atom is 0.306 e. The number of hydrogen-bond acceptors (Lipinski definition) is 8. The van der Waals surface area contributed by atoms with Crippen molar-refractivity contribution in [2.45, 2.75) is 341 Å². The van der Waals surface area contributed by atoms with Gasteiger partial charge in [-0.1, -0.05) is 341 Å². The highest BCUT2D eigenvalue weighted by Crippen LogP contribution is 2.38. The second kappa shape index (κ2) is 71.7. The van der Waals surface area contributed by atoms with Crippen LogP contribution in [0.1, 0.15) is 335 Å². The molecule has 0 aromatic rings. The molecular formula is C82H144NO8P. The van der Waals surface area contributed by atoms with Gasteiger partial charge < -0.3 is 27.9 Å². The van der Waals surface area contributed by atoms with Gasteiger partial charge in [-0.3, -0.25) is 14.2 Å².